The van der Waals surface area contributed by atoms with Crippen molar-refractivity contribution in [2.75, 3.05) is 6.54 Å². The van der Waals surface area contributed by atoms with Crippen molar-refractivity contribution in [2.24, 2.45) is 17.1 Å². The maximum absolute atomic E-state index is 5.56. The first-order valence-corrected chi connectivity index (χ1v) is 5.87. The van der Waals surface area contributed by atoms with Crippen LogP contribution in [-0.2, 0) is 6.42 Å². The lowest BCUT2D eigenvalue weighted by atomic mass is 9.80. The Morgan fingerprint density at radius 3 is 2.44 bits per heavy atom. The van der Waals surface area contributed by atoms with Crippen molar-refractivity contribution < 1.29 is 4.52 Å². The van der Waals surface area contributed by atoms with E-state index in [2.05, 4.69) is 37.8 Å². The molecule has 0 fully saturated rings. The normalized spacial score (nSPS) is 16.1. The summed E-state index contributed by atoms with van der Waals surface area (Å²) in [5.74, 6) is 2.12. The third-order valence-electron chi connectivity index (χ3n) is 3.24. The zero-order chi connectivity index (χ0) is 12.3. The summed E-state index contributed by atoms with van der Waals surface area (Å²) in [4.78, 5) is 4.38. The average Bonchev–Trinajstić information content (AvgIpc) is 2.63. The third kappa shape index (κ3) is 3.30. The lowest BCUT2D eigenvalue weighted by molar-refractivity contribution is 0.236. The predicted octanol–water partition coefficient (Wildman–Crippen LogP) is 2.36. The first kappa shape index (κ1) is 13.2. The Labute approximate surface area is 97.6 Å². The molecule has 0 radical (unpaired) electrons. The van der Waals surface area contributed by atoms with Crippen LogP contribution in [0.2, 0.25) is 0 Å². The van der Waals surface area contributed by atoms with Gasteiger partial charge in [0.15, 0.2) is 5.82 Å². The molecule has 1 rings (SSSR count). The van der Waals surface area contributed by atoms with Gasteiger partial charge in [0, 0.05) is 18.9 Å². The van der Waals surface area contributed by atoms with Crippen LogP contribution in [0.3, 0.4) is 0 Å². The van der Waals surface area contributed by atoms with E-state index in [9.17, 15) is 0 Å². The summed E-state index contributed by atoms with van der Waals surface area (Å²) in [6, 6.07) is 0. The number of nitrogens with zero attached hydrogens (tertiary/aromatic N) is 2. The first-order valence-electron chi connectivity index (χ1n) is 5.87. The Kier molecular flexibility index (Phi) is 4.08. The SMILES string of the molecule is CC(CN)c1noc(CC(C)C(C)(C)C)n1. The monoisotopic (exact) mass is 225 g/mol. The number of aromatic nitrogens is 2. The van der Waals surface area contributed by atoms with Gasteiger partial charge >= 0.3 is 0 Å². The van der Waals surface area contributed by atoms with Gasteiger partial charge in [-0.15, -0.1) is 0 Å². The van der Waals surface area contributed by atoms with E-state index in [1.807, 2.05) is 6.92 Å². The van der Waals surface area contributed by atoms with Crippen molar-refractivity contribution in [1.82, 2.24) is 10.1 Å². The lowest BCUT2D eigenvalue weighted by Crippen LogP contribution is -2.19. The Morgan fingerprint density at radius 2 is 1.94 bits per heavy atom. The second-order valence-electron chi connectivity index (χ2n) is 5.65. The van der Waals surface area contributed by atoms with E-state index in [1.54, 1.807) is 0 Å². The summed E-state index contributed by atoms with van der Waals surface area (Å²) in [7, 11) is 0. The molecule has 1 heterocycles. The number of nitrogens with two attached hydrogens (primary N) is 1. The summed E-state index contributed by atoms with van der Waals surface area (Å²) in [5.41, 5.74) is 5.82. The van der Waals surface area contributed by atoms with E-state index >= 15 is 0 Å². The van der Waals surface area contributed by atoms with Crippen LogP contribution in [0, 0.1) is 11.3 Å². The van der Waals surface area contributed by atoms with Gasteiger partial charge in [0.2, 0.25) is 5.89 Å². The van der Waals surface area contributed by atoms with Crippen LogP contribution in [0.5, 0.6) is 0 Å². The lowest BCUT2D eigenvalue weighted by Gasteiger charge is -2.25. The molecule has 0 aliphatic heterocycles. The van der Waals surface area contributed by atoms with Gasteiger partial charge in [-0.1, -0.05) is 39.8 Å². The summed E-state index contributed by atoms with van der Waals surface area (Å²) in [5, 5.41) is 3.96. The molecule has 1 aromatic rings. The van der Waals surface area contributed by atoms with Crippen molar-refractivity contribution >= 4 is 0 Å². The Balaban J connectivity index is 2.66. The van der Waals surface area contributed by atoms with Crippen LogP contribution in [-0.4, -0.2) is 16.7 Å². The van der Waals surface area contributed by atoms with Gasteiger partial charge in [-0.05, 0) is 11.3 Å². The minimum Gasteiger partial charge on any atom is -0.339 e. The molecule has 0 saturated heterocycles. The molecule has 0 saturated carbocycles. The molecule has 0 amide bonds. The van der Waals surface area contributed by atoms with Gasteiger partial charge in [-0.3, -0.25) is 0 Å². The molecular formula is C12H23N3O. The molecule has 92 valence electrons. The standard InChI is InChI=1S/C12H23N3O/c1-8(7-13)11-14-10(16-15-11)6-9(2)12(3,4)5/h8-9H,6-7,13H2,1-5H3. The fraction of sp³-hybridized carbons (Fsp3) is 0.833. The quantitative estimate of drug-likeness (QED) is 0.854. The molecule has 2 atom stereocenters. The smallest absolute Gasteiger partial charge is 0.226 e. The second-order valence-corrected chi connectivity index (χ2v) is 5.65. The third-order valence-corrected chi connectivity index (χ3v) is 3.24. The van der Waals surface area contributed by atoms with E-state index in [0.29, 0.717) is 12.5 Å². The van der Waals surface area contributed by atoms with E-state index in [1.165, 1.54) is 0 Å². The van der Waals surface area contributed by atoms with Crippen LogP contribution < -0.4 is 5.73 Å². The Morgan fingerprint density at radius 1 is 1.31 bits per heavy atom. The zero-order valence-electron chi connectivity index (χ0n) is 10.9. The number of rotatable bonds is 4. The molecule has 16 heavy (non-hydrogen) atoms. The molecule has 4 nitrogen and oxygen atoms in total. The van der Waals surface area contributed by atoms with Crippen LogP contribution in [0.15, 0.2) is 4.52 Å². The van der Waals surface area contributed by atoms with Gasteiger partial charge in [-0.25, -0.2) is 0 Å². The average molecular weight is 225 g/mol. The fourth-order valence-corrected chi connectivity index (χ4v) is 1.22. The molecule has 0 aliphatic carbocycles. The van der Waals surface area contributed by atoms with Crippen molar-refractivity contribution in [3.8, 4) is 0 Å². The van der Waals surface area contributed by atoms with Crippen LogP contribution >= 0.6 is 0 Å². The highest BCUT2D eigenvalue weighted by Crippen LogP contribution is 2.28. The predicted molar refractivity (Wildman–Crippen MR) is 64.1 cm³/mol. The zero-order valence-corrected chi connectivity index (χ0v) is 10.9. The molecule has 2 unspecified atom stereocenters. The molecular weight excluding hydrogens is 202 g/mol. The van der Waals surface area contributed by atoms with Crippen molar-refractivity contribution in [3.05, 3.63) is 11.7 Å². The molecule has 0 aromatic carbocycles. The van der Waals surface area contributed by atoms with Gasteiger partial charge in [0.25, 0.3) is 0 Å². The van der Waals surface area contributed by atoms with Crippen molar-refractivity contribution in [1.29, 1.82) is 0 Å². The van der Waals surface area contributed by atoms with E-state index in [4.69, 9.17) is 10.3 Å². The maximum Gasteiger partial charge on any atom is 0.226 e. The summed E-state index contributed by atoms with van der Waals surface area (Å²) in [6.45, 7) is 11.4. The van der Waals surface area contributed by atoms with Crippen LogP contribution in [0.1, 0.15) is 52.3 Å². The molecule has 0 bridgehead atoms. The highest BCUT2D eigenvalue weighted by atomic mass is 16.5. The maximum atomic E-state index is 5.56. The van der Waals surface area contributed by atoms with Gasteiger partial charge in [0.05, 0.1) is 0 Å². The largest absolute Gasteiger partial charge is 0.339 e. The molecule has 0 aliphatic rings. The summed E-state index contributed by atoms with van der Waals surface area (Å²) >= 11 is 0. The molecule has 2 N–H and O–H groups in total. The van der Waals surface area contributed by atoms with E-state index < -0.39 is 0 Å². The van der Waals surface area contributed by atoms with Crippen LogP contribution in [0.25, 0.3) is 0 Å². The first-order chi connectivity index (χ1) is 7.34. The highest BCUT2D eigenvalue weighted by molar-refractivity contribution is 4.95. The Bertz CT molecular complexity index is 327. The molecule has 4 heteroatoms. The minimum atomic E-state index is 0.169. The van der Waals surface area contributed by atoms with Crippen LogP contribution in [0.4, 0.5) is 0 Å². The summed E-state index contributed by atoms with van der Waals surface area (Å²) < 4.78 is 5.24. The Hall–Kier alpha value is -0.900. The topological polar surface area (TPSA) is 64.9 Å². The highest BCUT2D eigenvalue weighted by Gasteiger charge is 2.23. The molecule has 1 aromatic heterocycles. The van der Waals surface area contributed by atoms with Crippen molar-refractivity contribution in [3.63, 3.8) is 0 Å². The second kappa shape index (κ2) is 4.95. The minimum absolute atomic E-state index is 0.169. The van der Waals surface area contributed by atoms with Gasteiger partial charge in [-0.2, -0.15) is 4.98 Å². The van der Waals surface area contributed by atoms with E-state index in [-0.39, 0.29) is 11.3 Å². The number of hydrogen-bond donors (Lipinski definition) is 1. The molecule has 0 spiro atoms. The van der Waals surface area contributed by atoms with Crippen molar-refractivity contribution in [2.45, 2.75) is 47.0 Å². The summed E-state index contributed by atoms with van der Waals surface area (Å²) in [6.07, 6.45) is 0.827. The number of hydrogen-bond acceptors (Lipinski definition) is 4. The van der Waals surface area contributed by atoms with Gasteiger partial charge in [0.1, 0.15) is 0 Å². The van der Waals surface area contributed by atoms with E-state index in [0.717, 1.165) is 18.1 Å². The van der Waals surface area contributed by atoms with Gasteiger partial charge < -0.3 is 10.3 Å². The fourth-order valence-electron chi connectivity index (χ4n) is 1.22.